The molecule has 0 saturated heterocycles. The van der Waals surface area contributed by atoms with E-state index in [4.69, 9.17) is 11.1 Å². The van der Waals surface area contributed by atoms with Crippen LogP contribution in [0.3, 0.4) is 0 Å². The van der Waals surface area contributed by atoms with Crippen molar-refractivity contribution in [2.45, 2.75) is 6.42 Å². The first-order chi connectivity index (χ1) is 8.49. The highest BCUT2D eigenvalue weighted by molar-refractivity contribution is 7.94. The zero-order valence-electron chi connectivity index (χ0n) is 9.96. The maximum atomic E-state index is 11.6. The van der Waals surface area contributed by atoms with Crippen molar-refractivity contribution in [2.24, 2.45) is 5.73 Å². The molecule has 0 atom stereocenters. The number of nitrogens with two attached hydrogens (primary N) is 1. The molecule has 1 aromatic carbocycles. The lowest BCUT2D eigenvalue weighted by atomic mass is 10.2. The lowest BCUT2D eigenvalue weighted by molar-refractivity contribution is 0.601. The Labute approximate surface area is 107 Å². The maximum Gasteiger partial charge on any atom is 0.185 e. The molecule has 0 aliphatic heterocycles. The number of nitrogens with one attached hydrogen (secondary N) is 2. The molecular formula is C12H17N3O2S. The van der Waals surface area contributed by atoms with E-state index < -0.39 is 9.84 Å². The van der Waals surface area contributed by atoms with E-state index in [9.17, 15) is 8.42 Å². The summed E-state index contributed by atoms with van der Waals surface area (Å²) in [5.74, 6) is -0.108. The first-order valence-electron chi connectivity index (χ1n) is 5.53. The van der Waals surface area contributed by atoms with Gasteiger partial charge in [-0.15, -0.1) is 0 Å². The minimum Gasteiger partial charge on any atom is -0.370 e. The topological polar surface area (TPSA) is 96.0 Å². The van der Waals surface area contributed by atoms with Crippen molar-refractivity contribution >= 4 is 21.9 Å². The average Bonchev–Trinajstić information content (AvgIpc) is 2.34. The minimum absolute atomic E-state index is 0.0383. The summed E-state index contributed by atoms with van der Waals surface area (Å²) in [6, 6.07) is 9.25. The lowest BCUT2D eigenvalue weighted by Crippen LogP contribution is -2.31. The third-order valence-electron chi connectivity index (χ3n) is 2.19. The Bertz CT molecular complexity index is 509. The molecule has 4 N–H and O–H groups in total. The molecule has 0 unspecified atom stereocenters. The molecule has 0 aliphatic carbocycles. The summed E-state index contributed by atoms with van der Waals surface area (Å²) in [7, 11) is -3.21. The molecule has 98 valence electrons. The number of hydrogen-bond donors (Lipinski definition) is 3. The number of sulfone groups is 1. The molecule has 0 amide bonds. The summed E-state index contributed by atoms with van der Waals surface area (Å²) in [6.45, 7) is 0.383. The highest BCUT2D eigenvalue weighted by Gasteiger charge is 2.05. The summed E-state index contributed by atoms with van der Waals surface area (Å²) < 4.78 is 23.3. The van der Waals surface area contributed by atoms with Gasteiger partial charge >= 0.3 is 0 Å². The summed E-state index contributed by atoms with van der Waals surface area (Å²) in [5, 5.41) is 10.7. The van der Waals surface area contributed by atoms with Crippen molar-refractivity contribution in [2.75, 3.05) is 12.3 Å². The number of guanidine groups is 1. The van der Waals surface area contributed by atoms with Crippen LogP contribution in [-0.4, -0.2) is 26.7 Å². The summed E-state index contributed by atoms with van der Waals surface area (Å²) in [4.78, 5) is 0. The van der Waals surface area contributed by atoms with Gasteiger partial charge in [0.2, 0.25) is 0 Å². The quantitative estimate of drug-likeness (QED) is 0.406. The van der Waals surface area contributed by atoms with Crippen LogP contribution in [0.4, 0.5) is 0 Å². The van der Waals surface area contributed by atoms with Crippen molar-refractivity contribution < 1.29 is 8.42 Å². The average molecular weight is 267 g/mol. The van der Waals surface area contributed by atoms with Crippen LogP contribution in [0.2, 0.25) is 0 Å². The molecule has 6 heteroatoms. The van der Waals surface area contributed by atoms with Crippen molar-refractivity contribution in [1.29, 1.82) is 5.41 Å². The van der Waals surface area contributed by atoms with E-state index in [0.717, 1.165) is 5.56 Å². The van der Waals surface area contributed by atoms with E-state index in [0.29, 0.717) is 13.0 Å². The van der Waals surface area contributed by atoms with Crippen LogP contribution in [0.25, 0.3) is 6.08 Å². The fraction of sp³-hybridized carbons (Fsp3) is 0.250. The lowest BCUT2D eigenvalue weighted by Gasteiger charge is -2.02. The minimum atomic E-state index is -3.21. The van der Waals surface area contributed by atoms with Crippen molar-refractivity contribution in [3.8, 4) is 0 Å². The van der Waals surface area contributed by atoms with Gasteiger partial charge in [0.1, 0.15) is 0 Å². The molecule has 0 saturated carbocycles. The van der Waals surface area contributed by atoms with E-state index in [2.05, 4.69) is 5.32 Å². The molecule has 0 aliphatic rings. The Kier molecular flexibility index (Phi) is 5.38. The fourth-order valence-corrected chi connectivity index (χ4v) is 2.36. The molecule has 0 radical (unpaired) electrons. The van der Waals surface area contributed by atoms with E-state index in [1.165, 1.54) is 5.41 Å². The third-order valence-corrected chi connectivity index (χ3v) is 3.60. The summed E-state index contributed by atoms with van der Waals surface area (Å²) >= 11 is 0. The first kappa shape index (κ1) is 14.2. The van der Waals surface area contributed by atoms with Crippen LogP contribution < -0.4 is 11.1 Å². The largest absolute Gasteiger partial charge is 0.370 e. The highest BCUT2D eigenvalue weighted by Crippen LogP contribution is 2.04. The van der Waals surface area contributed by atoms with Crippen LogP contribution in [0.5, 0.6) is 0 Å². The molecule has 0 heterocycles. The van der Waals surface area contributed by atoms with Gasteiger partial charge < -0.3 is 11.1 Å². The zero-order chi connectivity index (χ0) is 13.4. The second-order valence-corrected chi connectivity index (χ2v) is 5.78. The summed E-state index contributed by atoms with van der Waals surface area (Å²) in [5.41, 5.74) is 5.94. The smallest absolute Gasteiger partial charge is 0.185 e. The van der Waals surface area contributed by atoms with Crippen LogP contribution in [-0.2, 0) is 9.84 Å². The predicted octanol–water partition coefficient (Wildman–Crippen LogP) is 0.945. The Morgan fingerprint density at radius 2 is 2.00 bits per heavy atom. The second kappa shape index (κ2) is 6.80. The van der Waals surface area contributed by atoms with Gasteiger partial charge in [-0.3, -0.25) is 5.41 Å². The van der Waals surface area contributed by atoms with E-state index in [-0.39, 0.29) is 11.7 Å². The molecular weight excluding hydrogens is 250 g/mol. The third kappa shape index (κ3) is 6.05. The fourth-order valence-electron chi connectivity index (χ4n) is 1.31. The molecule has 1 rings (SSSR count). The van der Waals surface area contributed by atoms with E-state index in [1.54, 1.807) is 6.08 Å². The monoisotopic (exact) mass is 267 g/mol. The SMILES string of the molecule is N=C(N)NCCCS(=O)(=O)C=Cc1ccccc1. The van der Waals surface area contributed by atoms with Gasteiger partial charge in [-0.25, -0.2) is 8.42 Å². The van der Waals surface area contributed by atoms with Gasteiger partial charge in [-0.1, -0.05) is 30.3 Å². The standard InChI is InChI=1S/C12H17N3O2S/c13-12(14)15-8-4-9-18(16,17)10-7-11-5-2-1-3-6-11/h1-3,5-7,10H,4,8-9H2,(H4,13,14,15). The van der Waals surface area contributed by atoms with Crippen LogP contribution in [0, 0.1) is 5.41 Å². The van der Waals surface area contributed by atoms with Gasteiger partial charge in [0.15, 0.2) is 15.8 Å². The normalized spacial score (nSPS) is 11.6. The van der Waals surface area contributed by atoms with Crippen LogP contribution in [0.1, 0.15) is 12.0 Å². The molecule has 1 aromatic rings. The van der Waals surface area contributed by atoms with Crippen LogP contribution in [0.15, 0.2) is 35.7 Å². The van der Waals surface area contributed by atoms with Gasteiger partial charge in [-0.2, -0.15) is 0 Å². The first-order valence-corrected chi connectivity index (χ1v) is 7.25. The number of benzene rings is 1. The van der Waals surface area contributed by atoms with E-state index >= 15 is 0 Å². The number of rotatable bonds is 6. The number of hydrogen-bond acceptors (Lipinski definition) is 3. The van der Waals surface area contributed by atoms with E-state index in [1.807, 2.05) is 30.3 Å². The van der Waals surface area contributed by atoms with Gasteiger partial charge in [0.25, 0.3) is 0 Å². The van der Waals surface area contributed by atoms with Gasteiger partial charge in [0, 0.05) is 12.0 Å². The molecule has 5 nitrogen and oxygen atoms in total. The Morgan fingerprint density at radius 1 is 1.33 bits per heavy atom. The zero-order valence-corrected chi connectivity index (χ0v) is 10.8. The maximum absolute atomic E-state index is 11.6. The van der Waals surface area contributed by atoms with Gasteiger partial charge in [0.05, 0.1) is 5.75 Å². The Balaban J connectivity index is 2.45. The van der Waals surface area contributed by atoms with Crippen molar-refractivity contribution in [3.63, 3.8) is 0 Å². The Morgan fingerprint density at radius 3 is 2.61 bits per heavy atom. The highest BCUT2D eigenvalue weighted by atomic mass is 32.2. The van der Waals surface area contributed by atoms with Crippen molar-refractivity contribution in [3.05, 3.63) is 41.3 Å². The molecule has 18 heavy (non-hydrogen) atoms. The molecule has 0 bridgehead atoms. The van der Waals surface area contributed by atoms with Gasteiger partial charge in [-0.05, 0) is 18.1 Å². The molecule has 0 fully saturated rings. The summed E-state index contributed by atoms with van der Waals surface area (Å²) in [6.07, 6.45) is 1.99. The van der Waals surface area contributed by atoms with Crippen LogP contribution >= 0.6 is 0 Å². The molecule has 0 aromatic heterocycles. The second-order valence-electron chi connectivity index (χ2n) is 3.77. The predicted molar refractivity (Wildman–Crippen MR) is 73.8 cm³/mol. The Hall–Kier alpha value is -1.82. The van der Waals surface area contributed by atoms with Crippen molar-refractivity contribution in [1.82, 2.24) is 5.32 Å². The molecule has 0 spiro atoms.